The van der Waals surface area contributed by atoms with Crippen molar-refractivity contribution in [1.82, 2.24) is 15.0 Å². The fourth-order valence-corrected chi connectivity index (χ4v) is 1.94. The minimum atomic E-state index is -1.22. The number of hydrogen-bond donors (Lipinski definition) is 0. The molecule has 94 valence electrons. The molecule has 3 aromatic rings. The summed E-state index contributed by atoms with van der Waals surface area (Å²) in [5.74, 6) is -1.22. The van der Waals surface area contributed by atoms with Crippen LogP contribution < -0.4 is 5.11 Å². The SMILES string of the molecule is Cc1ccccc1-n1nc2ccc(C(=O)[O-])cc2n1. The molecule has 3 rings (SSSR count). The third-order valence-corrected chi connectivity index (χ3v) is 2.95. The van der Waals surface area contributed by atoms with Crippen molar-refractivity contribution in [3.8, 4) is 5.69 Å². The van der Waals surface area contributed by atoms with Crippen LogP contribution in [0.4, 0.5) is 0 Å². The van der Waals surface area contributed by atoms with Crippen LogP contribution in [-0.4, -0.2) is 21.0 Å². The quantitative estimate of drug-likeness (QED) is 0.684. The van der Waals surface area contributed by atoms with Gasteiger partial charge in [0, 0.05) is 0 Å². The Kier molecular flexibility index (Phi) is 2.52. The molecule has 0 atom stereocenters. The van der Waals surface area contributed by atoms with E-state index in [1.165, 1.54) is 16.9 Å². The van der Waals surface area contributed by atoms with Gasteiger partial charge in [0.1, 0.15) is 11.0 Å². The topological polar surface area (TPSA) is 70.8 Å². The van der Waals surface area contributed by atoms with E-state index in [1.54, 1.807) is 6.07 Å². The second-order valence-corrected chi connectivity index (χ2v) is 4.27. The standard InChI is InChI=1S/C14H11N3O2/c1-9-4-2-3-5-13(9)17-15-11-7-6-10(14(18)19)8-12(11)16-17/h2-8H,1H3,(H,18,19)/p-1. The summed E-state index contributed by atoms with van der Waals surface area (Å²) in [4.78, 5) is 12.3. The summed E-state index contributed by atoms with van der Waals surface area (Å²) in [5.41, 5.74) is 3.19. The fraction of sp³-hybridized carbons (Fsp3) is 0.0714. The number of benzene rings is 2. The molecule has 0 saturated carbocycles. The van der Waals surface area contributed by atoms with Crippen LogP contribution >= 0.6 is 0 Å². The van der Waals surface area contributed by atoms with Crippen molar-refractivity contribution in [3.63, 3.8) is 0 Å². The lowest BCUT2D eigenvalue weighted by Crippen LogP contribution is -2.21. The monoisotopic (exact) mass is 252 g/mol. The van der Waals surface area contributed by atoms with Crippen LogP contribution in [0.15, 0.2) is 42.5 Å². The second-order valence-electron chi connectivity index (χ2n) is 4.27. The molecule has 0 aliphatic heterocycles. The number of rotatable bonds is 2. The Morgan fingerprint density at radius 1 is 1.11 bits per heavy atom. The highest BCUT2D eigenvalue weighted by Gasteiger charge is 2.07. The summed E-state index contributed by atoms with van der Waals surface area (Å²) in [6, 6.07) is 12.3. The molecular formula is C14H10N3O2-. The minimum absolute atomic E-state index is 0.101. The zero-order chi connectivity index (χ0) is 13.4. The highest BCUT2D eigenvalue weighted by Crippen LogP contribution is 2.16. The maximum Gasteiger partial charge on any atom is 0.114 e. The number of carbonyl (C=O) groups is 1. The molecule has 0 radical (unpaired) electrons. The molecule has 0 fully saturated rings. The highest BCUT2D eigenvalue weighted by molar-refractivity contribution is 5.90. The first kappa shape index (κ1) is 11.4. The summed E-state index contributed by atoms with van der Waals surface area (Å²) >= 11 is 0. The summed E-state index contributed by atoms with van der Waals surface area (Å²) in [7, 11) is 0. The first-order chi connectivity index (χ1) is 9.15. The molecule has 0 saturated heterocycles. The molecule has 2 aromatic carbocycles. The first-order valence-corrected chi connectivity index (χ1v) is 5.79. The largest absolute Gasteiger partial charge is 0.545 e. The summed E-state index contributed by atoms with van der Waals surface area (Å²) in [6.07, 6.45) is 0. The molecule has 0 bridgehead atoms. The molecule has 19 heavy (non-hydrogen) atoms. The van der Waals surface area contributed by atoms with Crippen molar-refractivity contribution in [2.24, 2.45) is 0 Å². The Hall–Kier alpha value is -2.69. The maximum atomic E-state index is 10.8. The van der Waals surface area contributed by atoms with E-state index < -0.39 is 5.97 Å². The molecule has 0 aliphatic carbocycles. The van der Waals surface area contributed by atoms with E-state index in [-0.39, 0.29) is 5.56 Å². The summed E-state index contributed by atoms with van der Waals surface area (Å²) in [6.45, 7) is 1.97. The zero-order valence-electron chi connectivity index (χ0n) is 10.2. The van der Waals surface area contributed by atoms with Gasteiger partial charge in [0.05, 0.1) is 11.7 Å². The van der Waals surface area contributed by atoms with Gasteiger partial charge in [-0.25, -0.2) is 0 Å². The van der Waals surface area contributed by atoms with Crippen molar-refractivity contribution < 1.29 is 9.90 Å². The molecule has 1 heterocycles. The molecule has 0 aliphatic rings. The van der Waals surface area contributed by atoms with Gasteiger partial charge >= 0.3 is 0 Å². The highest BCUT2D eigenvalue weighted by atomic mass is 16.4. The Morgan fingerprint density at radius 3 is 2.58 bits per heavy atom. The number of aryl methyl sites for hydroxylation is 1. The predicted molar refractivity (Wildman–Crippen MR) is 67.9 cm³/mol. The van der Waals surface area contributed by atoms with Crippen molar-refractivity contribution in [2.45, 2.75) is 6.92 Å². The van der Waals surface area contributed by atoms with Gasteiger partial charge in [0.25, 0.3) is 0 Å². The van der Waals surface area contributed by atoms with E-state index in [0.717, 1.165) is 11.3 Å². The first-order valence-electron chi connectivity index (χ1n) is 5.79. The molecular weight excluding hydrogens is 242 g/mol. The maximum absolute atomic E-state index is 10.8. The smallest absolute Gasteiger partial charge is 0.114 e. The molecule has 5 nitrogen and oxygen atoms in total. The Labute approximate surface area is 109 Å². The van der Waals surface area contributed by atoms with Crippen LogP contribution in [0, 0.1) is 6.92 Å². The van der Waals surface area contributed by atoms with Gasteiger partial charge in [-0.3, -0.25) is 0 Å². The van der Waals surface area contributed by atoms with Gasteiger partial charge in [0.15, 0.2) is 0 Å². The fourth-order valence-electron chi connectivity index (χ4n) is 1.94. The van der Waals surface area contributed by atoms with Gasteiger partial charge in [-0.1, -0.05) is 24.3 Å². The molecule has 0 unspecified atom stereocenters. The van der Waals surface area contributed by atoms with Crippen LogP contribution in [0.25, 0.3) is 16.7 Å². The van der Waals surface area contributed by atoms with Gasteiger partial charge in [0.2, 0.25) is 0 Å². The van der Waals surface area contributed by atoms with Crippen molar-refractivity contribution >= 4 is 17.0 Å². The average Bonchev–Trinajstić information content (AvgIpc) is 2.81. The molecule has 0 spiro atoms. The van der Waals surface area contributed by atoms with E-state index >= 15 is 0 Å². The van der Waals surface area contributed by atoms with Crippen molar-refractivity contribution in [3.05, 3.63) is 53.6 Å². The van der Waals surface area contributed by atoms with E-state index in [9.17, 15) is 9.90 Å². The number of carboxylic acids is 1. The molecule has 5 heteroatoms. The number of nitrogens with zero attached hydrogens (tertiary/aromatic N) is 3. The number of aromatic carboxylic acids is 1. The van der Waals surface area contributed by atoms with Gasteiger partial charge < -0.3 is 9.90 Å². The predicted octanol–water partition coefficient (Wildman–Crippen LogP) is 1.09. The lowest BCUT2D eigenvalue weighted by molar-refractivity contribution is -0.255. The third kappa shape index (κ3) is 1.95. The van der Waals surface area contributed by atoms with E-state index in [1.807, 2.05) is 31.2 Å². The van der Waals surface area contributed by atoms with Crippen LogP contribution in [0.5, 0.6) is 0 Å². The van der Waals surface area contributed by atoms with Crippen molar-refractivity contribution in [2.75, 3.05) is 0 Å². The van der Waals surface area contributed by atoms with Crippen LogP contribution in [0.3, 0.4) is 0 Å². The Balaban J connectivity index is 2.17. The van der Waals surface area contributed by atoms with Crippen LogP contribution in [0.2, 0.25) is 0 Å². The van der Waals surface area contributed by atoms with Crippen LogP contribution in [0.1, 0.15) is 15.9 Å². The van der Waals surface area contributed by atoms with Gasteiger partial charge in [-0.2, -0.15) is 4.80 Å². The number of carboxylic acid groups (broad SMARTS) is 1. The van der Waals surface area contributed by atoms with E-state index in [0.29, 0.717) is 11.0 Å². The summed E-state index contributed by atoms with van der Waals surface area (Å²) < 4.78 is 0. The second kappa shape index (κ2) is 4.20. The lowest BCUT2D eigenvalue weighted by Gasteiger charge is -2.02. The van der Waals surface area contributed by atoms with E-state index in [4.69, 9.17) is 0 Å². The van der Waals surface area contributed by atoms with Gasteiger partial charge in [-0.15, -0.1) is 10.2 Å². The minimum Gasteiger partial charge on any atom is -0.545 e. The van der Waals surface area contributed by atoms with Gasteiger partial charge in [-0.05, 0) is 36.2 Å². The molecule has 0 N–H and O–H groups in total. The van der Waals surface area contributed by atoms with Crippen molar-refractivity contribution in [1.29, 1.82) is 0 Å². The third-order valence-electron chi connectivity index (χ3n) is 2.95. The number of aromatic nitrogens is 3. The number of para-hydroxylation sites is 1. The van der Waals surface area contributed by atoms with Crippen LogP contribution in [-0.2, 0) is 0 Å². The molecule has 1 aromatic heterocycles. The molecule has 0 amide bonds. The number of carbonyl (C=O) groups excluding carboxylic acids is 1. The average molecular weight is 252 g/mol. The Bertz CT molecular complexity index is 777. The summed E-state index contributed by atoms with van der Waals surface area (Å²) in [5, 5.41) is 19.4. The number of hydrogen-bond acceptors (Lipinski definition) is 4. The lowest BCUT2D eigenvalue weighted by atomic mass is 10.2. The van der Waals surface area contributed by atoms with E-state index in [2.05, 4.69) is 10.2 Å². The normalized spacial score (nSPS) is 10.8. The number of fused-ring (bicyclic) bond motifs is 1. The zero-order valence-corrected chi connectivity index (χ0v) is 10.2. The Morgan fingerprint density at radius 2 is 1.84 bits per heavy atom.